The summed E-state index contributed by atoms with van der Waals surface area (Å²) in [5, 5.41) is 3.37. The van der Waals surface area contributed by atoms with Crippen molar-refractivity contribution in [3.63, 3.8) is 0 Å². The highest BCUT2D eigenvalue weighted by molar-refractivity contribution is 4.94. The maximum Gasteiger partial charge on any atom is 0.102 e. The smallest absolute Gasteiger partial charge is 0.102 e. The molecule has 0 aliphatic carbocycles. The minimum Gasteiger partial charge on any atom is -0.317 e. The van der Waals surface area contributed by atoms with Gasteiger partial charge in [0.1, 0.15) is 6.67 Å². The van der Waals surface area contributed by atoms with Gasteiger partial charge in [0, 0.05) is 24.7 Å². The normalized spacial score (nSPS) is 38.6. The Morgan fingerprint density at radius 2 is 1.93 bits per heavy atom. The summed E-state index contributed by atoms with van der Waals surface area (Å²) < 4.78 is 12.4. The van der Waals surface area contributed by atoms with Gasteiger partial charge in [-0.15, -0.1) is 0 Å². The molecule has 2 bridgehead atoms. The number of alkyl halides is 1. The quantitative estimate of drug-likeness (QED) is 0.744. The average Bonchev–Trinajstić information content (AvgIpc) is 2.17. The molecule has 82 valence electrons. The zero-order chi connectivity index (χ0) is 9.97. The highest BCUT2D eigenvalue weighted by Crippen LogP contribution is 2.33. The number of hydrogen-bond acceptors (Lipinski definition) is 2. The first-order valence-electron chi connectivity index (χ1n) is 5.84. The number of fused-ring (bicyclic) bond motifs is 2. The van der Waals surface area contributed by atoms with Gasteiger partial charge >= 0.3 is 0 Å². The lowest BCUT2D eigenvalue weighted by atomic mass is 9.82. The first kappa shape index (κ1) is 10.4. The topological polar surface area (TPSA) is 15.3 Å². The van der Waals surface area contributed by atoms with Crippen LogP contribution < -0.4 is 5.32 Å². The van der Waals surface area contributed by atoms with Gasteiger partial charge in [-0.05, 0) is 32.7 Å². The molecule has 0 radical (unpaired) electrons. The van der Waals surface area contributed by atoms with E-state index in [1.54, 1.807) is 0 Å². The molecule has 2 heterocycles. The largest absolute Gasteiger partial charge is 0.317 e. The van der Waals surface area contributed by atoms with Crippen LogP contribution in [0.5, 0.6) is 0 Å². The molecular weight excluding hydrogens is 179 g/mol. The van der Waals surface area contributed by atoms with Crippen molar-refractivity contribution < 1.29 is 4.39 Å². The minimum absolute atomic E-state index is 0.183. The van der Waals surface area contributed by atoms with Gasteiger partial charge in [-0.1, -0.05) is 6.42 Å². The van der Waals surface area contributed by atoms with Crippen LogP contribution in [-0.2, 0) is 0 Å². The fourth-order valence-electron chi connectivity index (χ4n) is 3.18. The molecule has 0 amide bonds. The average molecular weight is 200 g/mol. The Morgan fingerprint density at radius 3 is 2.43 bits per heavy atom. The Bertz CT molecular complexity index is 172. The van der Waals surface area contributed by atoms with Crippen LogP contribution in [0, 0.1) is 0 Å². The van der Waals surface area contributed by atoms with Crippen molar-refractivity contribution in [2.24, 2.45) is 0 Å². The molecule has 2 saturated heterocycles. The fourth-order valence-corrected chi connectivity index (χ4v) is 3.18. The number of halogens is 1. The lowest BCUT2D eigenvalue weighted by molar-refractivity contribution is 0.0217. The zero-order valence-corrected chi connectivity index (χ0v) is 9.01. The number of rotatable bonds is 3. The summed E-state index contributed by atoms with van der Waals surface area (Å²) in [6.45, 7) is 0.475. The summed E-state index contributed by atoms with van der Waals surface area (Å²) in [5.74, 6) is 0. The number of nitrogens with zero attached hydrogens (tertiary/aromatic N) is 1. The third kappa shape index (κ3) is 1.94. The van der Waals surface area contributed by atoms with Crippen LogP contribution in [0.1, 0.15) is 32.1 Å². The van der Waals surface area contributed by atoms with Gasteiger partial charge in [-0.25, -0.2) is 4.39 Å². The molecule has 0 saturated carbocycles. The monoisotopic (exact) mass is 200 g/mol. The van der Waals surface area contributed by atoms with Crippen LogP contribution >= 0.6 is 0 Å². The summed E-state index contributed by atoms with van der Waals surface area (Å²) in [4.78, 5) is 2.41. The van der Waals surface area contributed by atoms with Crippen molar-refractivity contribution in [1.82, 2.24) is 10.2 Å². The molecule has 14 heavy (non-hydrogen) atoms. The molecule has 2 unspecified atom stereocenters. The summed E-state index contributed by atoms with van der Waals surface area (Å²) in [6, 6.07) is 1.97. The van der Waals surface area contributed by atoms with Crippen molar-refractivity contribution in [3.8, 4) is 0 Å². The Kier molecular flexibility index (Phi) is 3.39. The summed E-state index contributed by atoms with van der Waals surface area (Å²) >= 11 is 0. The zero-order valence-electron chi connectivity index (χ0n) is 9.01. The van der Waals surface area contributed by atoms with Crippen LogP contribution in [-0.4, -0.2) is 43.3 Å². The molecular formula is C11H21FN2. The van der Waals surface area contributed by atoms with E-state index in [0.29, 0.717) is 24.7 Å². The molecule has 1 N–H and O–H groups in total. The summed E-state index contributed by atoms with van der Waals surface area (Å²) in [7, 11) is 2.05. The molecule has 2 nitrogen and oxygen atoms in total. The van der Waals surface area contributed by atoms with Crippen LogP contribution in [0.3, 0.4) is 0 Å². The van der Waals surface area contributed by atoms with Crippen LogP contribution in [0.15, 0.2) is 0 Å². The second-order valence-corrected chi connectivity index (χ2v) is 4.62. The van der Waals surface area contributed by atoms with Crippen LogP contribution in [0.4, 0.5) is 4.39 Å². The van der Waals surface area contributed by atoms with E-state index in [2.05, 4.69) is 10.2 Å². The number of piperidine rings is 2. The fraction of sp³-hybridized carbons (Fsp3) is 1.00. The highest BCUT2D eigenvalue weighted by atomic mass is 19.1. The number of nitrogens with one attached hydrogen (secondary N) is 1. The third-order valence-corrected chi connectivity index (χ3v) is 3.88. The van der Waals surface area contributed by atoms with E-state index in [0.717, 1.165) is 0 Å². The van der Waals surface area contributed by atoms with Crippen LogP contribution in [0.2, 0.25) is 0 Å². The van der Waals surface area contributed by atoms with Crippen molar-refractivity contribution in [1.29, 1.82) is 0 Å². The highest BCUT2D eigenvalue weighted by Gasteiger charge is 2.37. The van der Waals surface area contributed by atoms with Crippen molar-refractivity contribution >= 4 is 0 Å². The van der Waals surface area contributed by atoms with E-state index in [4.69, 9.17) is 0 Å². The van der Waals surface area contributed by atoms with E-state index in [1.165, 1.54) is 32.1 Å². The van der Waals surface area contributed by atoms with E-state index in [1.807, 2.05) is 7.05 Å². The molecule has 2 aliphatic heterocycles. The molecule has 2 rings (SSSR count). The van der Waals surface area contributed by atoms with E-state index in [-0.39, 0.29) is 6.67 Å². The van der Waals surface area contributed by atoms with Gasteiger partial charge in [-0.2, -0.15) is 0 Å². The van der Waals surface area contributed by atoms with E-state index in [9.17, 15) is 4.39 Å². The summed E-state index contributed by atoms with van der Waals surface area (Å²) in [5.41, 5.74) is 0. The minimum atomic E-state index is -0.183. The first-order chi connectivity index (χ1) is 6.85. The van der Waals surface area contributed by atoms with Gasteiger partial charge in [0.05, 0.1) is 0 Å². The van der Waals surface area contributed by atoms with Gasteiger partial charge in [0.15, 0.2) is 0 Å². The second kappa shape index (κ2) is 4.58. The van der Waals surface area contributed by atoms with E-state index >= 15 is 0 Å². The predicted molar refractivity (Wildman–Crippen MR) is 56.2 cm³/mol. The molecule has 2 aliphatic rings. The molecule has 2 fully saturated rings. The first-order valence-corrected chi connectivity index (χ1v) is 5.84. The van der Waals surface area contributed by atoms with Gasteiger partial charge in [-0.3, -0.25) is 4.90 Å². The SMILES string of the molecule is CNC1CC2CCCC(C1)N2CCF. The maximum atomic E-state index is 12.4. The Hall–Kier alpha value is -0.150. The second-order valence-electron chi connectivity index (χ2n) is 4.62. The maximum absolute atomic E-state index is 12.4. The van der Waals surface area contributed by atoms with Crippen molar-refractivity contribution in [2.45, 2.75) is 50.2 Å². The molecule has 3 heteroatoms. The van der Waals surface area contributed by atoms with E-state index < -0.39 is 0 Å². The molecule has 0 aromatic heterocycles. The van der Waals surface area contributed by atoms with Crippen molar-refractivity contribution in [2.75, 3.05) is 20.3 Å². The van der Waals surface area contributed by atoms with Gasteiger partial charge in [0.25, 0.3) is 0 Å². The lowest BCUT2D eigenvalue weighted by Crippen LogP contribution is -2.56. The van der Waals surface area contributed by atoms with Crippen molar-refractivity contribution in [3.05, 3.63) is 0 Å². The Labute approximate surface area is 85.9 Å². The van der Waals surface area contributed by atoms with Crippen LogP contribution in [0.25, 0.3) is 0 Å². The molecule has 2 atom stereocenters. The molecule has 0 aromatic carbocycles. The summed E-state index contributed by atoms with van der Waals surface area (Å²) in [6.07, 6.45) is 6.32. The standard InChI is InChI=1S/C11H21FN2/c1-13-9-7-10-3-2-4-11(8-9)14(10)6-5-12/h9-11,13H,2-8H2,1H3. The predicted octanol–water partition coefficient (Wildman–Crippen LogP) is 1.56. The molecule has 0 aromatic rings. The molecule has 0 spiro atoms. The number of hydrogen-bond donors (Lipinski definition) is 1. The van der Waals surface area contributed by atoms with Gasteiger partial charge < -0.3 is 5.32 Å². The Balaban J connectivity index is 1.99. The van der Waals surface area contributed by atoms with Gasteiger partial charge in [0.2, 0.25) is 0 Å². The lowest BCUT2D eigenvalue weighted by Gasteiger charge is -2.48. The Morgan fingerprint density at radius 1 is 1.29 bits per heavy atom. The third-order valence-electron chi connectivity index (χ3n) is 3.88.